The minimum absolute atomic E-state index is 0.338. The predicted octanol–water partition coefficient (Wildman–Crippen LogP) is 3.96. The van der Waals surface area contributed by atoms with E-state index in [0.717, 1.165) is 21.5 Å². The fraction of sp³-hybridized carbons (Fsp3) is 0.438. The van der Waals surface area contributed by atoms with Crippen molar-refractivity contribution >= 4 is 27.5 Å². The molecule has 0 amide bonds. The molecule has 98 valence electrons. The summed E-state index contributed by atoms with van der Waals surface area (Å²) in [6, 6.07) is 8.08. The maximum Gasteiger partial charge on any atom is 0.332 e. The first-order valence-corrected chi connectivity index (χ1v) is 7.69. The van der Waals surface area contributed by atoms with Crippen molar-refractivity contribution in [3.05, 3.63) is 39.9 Å². The highest BCUT2D eigenvalue weighted by Crippen LogP contribution is 2.66. The van der Waals surface area contributed by atoms with Crippen molar-refractivity contribution in [2.75, 3.05) is 0 Å². The molecule has 0 unspecified atom stereocenters. The first-order chi connectivity index (χ1) is 9.16. The van der Waals surface area contributed by atoms with Gasteiger partial charge >= 0.3 is 5.97 Å². The first kappa shape index (κ1) is 11.7. The maximum absolute atomic E-state index is 11.6. The van der Waals surface area contributed by atoms with E-state index < -0.39 is 5.97 Å². The first-order valence-electron chi connectivity index (χ1n) is 6.90. The number of hydrogen-bond donors (Lipinski definition) is 1. The van der Waals surface area contributed by atoms with Gasteiger partial charge in [-0.15, -0.1) is 0 Å². The average molecular weight is 319 g/mol. The molecule has 0 heterocycles. The van der Waals surface area contributed by atoms with E-state index >= 15 is 0 Å². The van der Waals surface area contributed by atoms with E-state index in [9.17, 15) is 9.90 Å². The Morgan fingerprint density at radius 2 is 1.95 bits per heavy atom. The predicted molar refractivity (Wildman–Crippen MR) is 76.5 cm³/mol. The number of aliphatic carboxylic acids is 1. The van der Waals surface area contributed by atoms with Crippen molar-refractivity contribution in [3.63, 3.8) is 0 Å². The maximum atomic E-state index is 11.6. The van der Waals surface area contributed by atoms with Crippen LogP contribution in [0.15, 0.2) is 34.3 Å². The highest BCUT2D eigenvalue weighted by molar-refractivity contribution is 9.10. The van der Waals surface area contributed by atoms with Crippen LogP contribution in [-0.4, -0.2) is 11.1 Å². The van der Waals surface area contributed by atoms with Crippen LogP contribution in [0.25, 0.3) is 5.57 Å². The molecule has 0 aliphatic heterocycles. The molecule has 19 heavy (non-hydrogen) atoms. The molecule has 2 bridgehead atoms. The lowest BCUT2D eigenvalue weighted by atomic mass is 9.59. The van der Waals surface area contributed by atoms with Crippen molar-refractivity contribution in [1.29, 1.82) is 0 Å². The largest absolute Gasteiger partial charge is 0.478 e. The van der Waals surface area contributed by atoms with E-state index in [1.54, 1.807) is 0 Å². The van der Waals surface area contributed by atoms with Crippen molar-refractivity contribution in [2.45, 2.75) is 19.3 Å². The lowest BCUT2D eigenvalue weighted by Crippen LogP contribution is -2.38. The van der Waals surface area contributed by atoms with Gasteiger partial charge in [0.05, 0.1) is 0 Å². The molecular weight excluding hydrogens is 304 g/mol. The third kappa shape index (κ3) is 1.51. The van der Waals surface area contributed by atoms with Crippen LogP contribution in [-0.2, 0) is 4.79 Å². The molecule has 0 radical (unpaired) electrons. The van der Waals surface area contributed by atoms with Crippen LogP contribution in [0.2, 0.25) is 0 Å². The normalized spacial score (nSPS) is 35.2. The monoisotopic (exact) mass is 318 g/mol. The van der Waals surface area contributed by atoms with E-state index in [1.807, 2.05) is 18.2 Å². The molecule has 3 aliphatic carbocycles. The van der Waals surface area contributed by atoms with Crippen LogP contribution >= 0.6 is 15.9 Å². The van der Waals surface area contributed by atoms with Gasteiger partial charge in [-0.1, -0.05) is 28.1 Å². The second-order valence-corrected chi connectivity index (χ2v) is 6.94. The average Bonchev–Trinajstić information content (AvgIpc) is 2.85. The minimum Gasteiger partial charge on any atom is -0.478 e. The van der Waals surface area contributed by atoms with Crippen LogP contribution in [0.3, 0.4) is 0 Å². The topological polar surface area (TPSA) is 37.3 Å². The number of halogens is 1. The number of carboxylic acids is 1. The van der Waals surface area contributed by atoms with Gasteiger partial charge in [0, 0.05) is 16.0 Å². The summed E-state index contributed by atoms with van der Waals surface area (Å²) in [6.07, 6.45) is 3.76. The van der Waals surface area contributed by atoms with Gasteiger partial charge in [0.1, 0.15) is 0 Å². The lowest BCUT2D eigenvalue weighted by Gasteiger charge is -2.43. The Hall–Kier alpha value is -1.09. The molecule has 1 aromatic rings. The molecule has 0 aromatic heterocycles. The number of fused-ring (bicyclic) bond motifs is 5. The summed E-state index contributed by atoms with van der Waals surface area (Å²) in [5, 5.41) is 9.54. The van der Waals surface area contributed by atoms with E-state index in [1.165, 1.54) is 19.3 Å². The zero-order chi connectivity index (χ0) is 13.1. The van der Waals surface area contributed by atoms with Crippen molar-refractivity contribution < 1.29 is 9.90 Å². The summed E-state index contributed by atoms with van der Waals surface area (Å²) in [6.45, 7) is 0. The molecular formula is C16H15BrO2. The van der Waals surface area contributed by atoms with Gasteiger partial charge in [0.25, 0.3) is 0 Å². The van der Waals surface area contributed by atoms with Gasteiger partial charge in [0.2, 0.25) is 0 Å². The Labute approximate surface area is 120 Å². The molecule has 1 aromatic carbocycles. The fourth-order valence-corrected chi connectivity index (χ4v) is 5.05. The molecule has 4 rings (SSSR count). The van der Waals surface area contributed by atoms with Crippen molar-refractivity contribution in [2.24, 2.45) is 23.7 Å². The summed E-state index contributed by atoms with van der Waals surface area (Å²) >= 11 is 3.48. The molecule has 0 saturated heterocycles. The molecule has 1 N–H and O–H groups in total. The number of carboxylic acid groups (broad SMARTS) is 1. The van der Waals surface area contributed by atoms with Gasteiger partial charge < -0.3 is 5.11 Å². The third-order valence-electron chi connectivity index (χ3n) is 5.24. The third-order valence-corrected chi connectivity index (χ3v) is 5.73. The molecule has 4 atom stereocenters. The van der Waals surface area contributed by atoms with Crippen molar-refractivity contribution in [1.82, 2.24) is 0 Å². The quantitative estimate of drug-likeness (QED) is 0.896. The van der Waals surface area contributed by atoms with Gasteiger partial charge in [-0.05, 0) is 60.3 Å². The highest BCUT2D eigenvalue weighted by Gasteiger charge is 2.58. The summed E-state index contributed by atoms with van der Waals surface area (Å²) in [7, 11) is 0. The van der Waals surface area contributed by atoms with Gasteiger partial charge in [-0.3, -0.25) is 0 Å². The molecule has 3 heteroatoms. The van der Waals surface area contributed by atoms with E-state index in [4.69, 9.17) is 0 Å². The Balaban J connectivity index is 1.84. The van der Waals surface area contributed by atoms with E-state index in [0.29, 0.717) is 23.3 Å². The number of hydrogen-bond acceptors (Lipinski definition) is 1. The standard InChI is InChI=1S/C16H15BrO2/c17-11-3-1-2-8(7-11)13-12-9-4-5-10(6-9)14(12)15(13)16(18)19/h1-3,7,9-10,12,14H,4-6H2,(H,18,19)/t9-,10+,12-,14-/m1/s1. The van der Waals surface area contributed by atoms with Gasteiger partial charge in [-0.25, -0.2) is 4.79 Å². The number of benzene rings is 1. The van der Waals surface area contributed by atoms with Crippen molar-refractivity contribution in [3.8, 4) is 0 Å². The number of carbonyl (C=O) groups is 1. The molecule has 2 fully saturated rings. The summed E-state index contributed by atoms with van der Waals surface area (Å²) < 4.78 is 1.02. The van der Waals surface area contributed by atoms with E-state index in [-0.39, 0.29) is 0 Å². The second-order valence-electron chi connectivity index (χ2n) is 6.03. The molecule has 2 nitrogen and oxygen atoms in total. The Kier molecular flexibility index (Phi) is 2.44. The zero-order valence-corrected chi connectivity index (χ0v) is 12.1. The SMILES string of the molecule is O=C(O)C1=C(c2cccc(Br)c2)[C@H]2[C@@H]3CC[C@@H](C3)[C@@H]12. The molecule has 3 aliphatic rings. The second kappa shape index (κ2) is 3.95. The van der Waals surface area contributed by atoms with E-state index in [2.05, 4.69) is 22.0 Å². The Morgan fingerprint density at radius 3 is 2.63 bits per heavy atom. The molecule has 0 spiro atoms. The van der Waals surface area contributed by atoms with Crippen LogP contribution in [0.1, 0.15) is 24.8 Å². The number of rotatable bonds is 2. The summed E-state index contributed by atoms with van der Waals surface area (Å²) in [5.74, 6) is 1.51. The Bertz CT molecular complexity index is 605. The lowest BCUT2D eigenvalue weighted by molar-refractivity contribution is -0.134. The van der Waals surface area contributed by atoms with Crippen LogP contribution in [0.5, 0.6) is 0 Å². The molecule has 2 saturated carbocycles. The number of allylic oxidation sites excluding steroid dienone is 1. The van der Waals surface area contributed by atoms with Gasteiger partial charge in [0.15, 0.2) is 0 Å². The zero-order valence-electron chi connectivity index (χ0n) is 10.5. The van der Waals surface area contributed by atoms with Gasteiger partial charge in [-0.2, -0.15) is 0 Å². The fourth-order valence-electron chi connectivity index (χ4n) is 4.65. The van der Waals surface area contributed by atoms with Crippen LogP contribution in [0, 0.1) is 23.7 Å². The highest BCUT2D eigenvalue weighted by atomic mass is 79.9. The van der Waals surface area contributed by atoms with Crippen LogP contribution < -0.4 is 0 Å². The summed E-state index contributed by atoms with van der Waals surface area (Å²) in [4.78, 5) is 11.6. The van der Waals surface area contributed by atoms with Crippen LogP contribution in [0.4, 0.5) is 0 Å². The minimum atomic E-state index is -0.705. The summed E-state index contributed by atoms with van der Waals surface area (Å²) in [5.41, 5.74) is 2.92. The Morgan fingerprint density at radius 1 is 1.21 bits per heavy atom. The smallest absolute Gasteiger partial charge is 0.332 e.